The van der Waals surface area contributed by atoms with Gasteiger partial charge in [-0.2, -0.15) is 0 Å². The van der Waals surface area contributed by atoms with Gasteiger partial charge >= 0.3 is 11.7 Å². The van der Waals surface area contributed by atoms with Gasteiger partial charge in [-0.3, -0.25) is 9.36 Å². The van der Waals surface area contributed by atoms with Crippen molar-refractivity contribution in [1.82, 2.24) is 14.8 Å². The molecule has 0 spiro atoms. The molecule has 1 aromatic rings. The molecule has 0 atom stereocenters. The molecule has 0 aliphatic rings. The number of nitrogens with one attached hydrogen (secondary N) is 1. The van der Waals surface area contributed by atoms with Crippen molar-refractivity contribution in [3.63, 3.8) is 0 Å². The predicted molar refractivity (Wildman–Crippen MR) is 65.3 cm³/mol. The lowest BCUT2D eigenvalue weighted by Gasteiger charge is -2.17. The standard InChI is InChI=1S/C10H17N3O3S/c1-4-13-8(16)11-12-9(13)17-6-5-10(2,3)7(14)15/h4-6H2,1-3H3,(H,11,16)(H,14,15). The molecule has 2 N–H and O–H groups in total. The summed E-state index contributed by atoms with van der Waals surface area (Å²) in [6.45, 7) is 5.79. The number of rotatable bonds is 6. The zero-order valence-corrected chi connectivity index (χ0v) is 11.0. The molecular formula is C10H17N3O3S. The summed E-state index contributed by atoms with van der Waals surface area (Å²) in [5.41, 5.74) is -0.979. The van der Waals surface area contributed by atoms with Crippen LogP contribution in [-0.2, 0) is 11.3 Å². The van der Waals surface area contributed by atoms with Gasteiger partial charge in [0.1, 0.15) is 0 Å². The number of hydrogen-bond acceptors (Lipinski definition) is 4. The van der Waals surface area contributed by atoms with Crippen molar-refractivity contribution in [1.29, 1.82) is 0 Å². The van der Waals surface area contributed by atoms with E-state index >= 15 is 0 Å². The summed E-state index contributed by atoms with van der Waals surface area (Å²) in [6.07, 6.45) is 0.526. The number of aromatic nitrogens is 3. The molecular weight excluding hydrogens is 242 g/mol. The zero-order valence-electron chi connectivity index (χ0n) is 10.2. The van der Waals surface area contributed by atoms with E-state index in [-0.39, 0.29) is 5.69 Å². The van der Waals surface area contributed by atoms with Crippen LogP contribution in [0.2, 0.25) is 0 Å². The van der Waals surface area contributed by atoms with Gasteiger partial charge in [-0.05, 0) is 27.2 Å². The molecule has 1 aromatic heterocycles. The smallest absolute Gasteiger partial charge is 0.343 e. The van der Waals surface area contributed by atoms with Crippen molar-refractivity contribution in [2.24, 2.45) is 5.41 Å². The van der Waals surface area contributed by atoms with E-state index in [0.29, 0.717) is 23.9 Å². The van der Waals surface area contributed by atoms with Crippen LogP contribution in [0.25, 0.3) is 0 Å². The van der Waals surface area contributed by atoms with E-state index in [9.17, 15) is 9.59 Å². The normalized spacial score (nSPS) is 11.7. The highest BCUT2D eigenvalue weighted by Gasteiger charge is 2.26. The molecule has 0 saturated heterocycles. The minimum absolute atomic E-state index is 0.229. The Kier molecular flexibility index (Phi) is 4.39. The Morgan fingerprint density at radius 3 is 2.76 bits per heavy atom. The minimum atomic E-state index is -0.812. The van der Waals surface area contributed by atoms with E-state index in [1.54, 1.807) is 13.8 Å². The molecule has 17 heavy (non-hydrogen) atoms. The second kappa shape index (κ2) is 5.39. The average molecular weight is 259 g/mol. The summed E-state index contributed by atoms with van der Waals surface area (Å²) >= 11 is 1.39. The van der Waals surface area contributed by atoms with Crippen LogP contribution in [0.15, 0.2) is 9.95 Å². The van der Waals surface area contributed by atoms with Crippen molar-refractivity contribution in [3.8, 4) is 0 Å². The molecule has 0 aliphatic carbocycles. The van der Waals surface area contributed by atoms with Gasteiger partial charge in [-0.25, -0.2) is 9.89 Å². The molecule has 1 rings (SSSR count). The van der Waals surface area contributed by atoms with E-state index in [0.717, 1.165) is 0 Å². The Balaban J connectivity index is 2.57. The Morgan fingerprint density at radius 1 is 1.59 bits per heavy atom. The first-order valence-electron chi connectivity index (χ1n) is 5.40. The second-order valence-electron chi connectivity index (χ2n) is 4.34. The highest BCUT2D eigenvalue weighted by Crippen LogP contribution is 2.25. The van der Waals surface area contributed by atoms with Gasteiger partial charge < -0.3 is 5.11 Å². The van der Waals surface area contributed by atoms with Gasteiger partial charge in [0.15, 0.2) is 5.16 Å². The third kappa shape index (κ3) is 3.36. The molecule has 0 saturated carbocycles. The quantitative estimate of drug-likeness (QED) is 0.749. The molecule has 6 nitrogen and oxygen atoms in total. The maximum atomic E-state index is 11.3. The number of carboxylic acids is 1. The van der Waals surface area contributed by atoms with Crippen molar-refractivity contribution < 1.29 is 9.90 Å². The molecule has 0 aromatic carbocycles. The Bertz CT molecular complexity index is 450. The number of aromatic amines is 1. The first kappa shape index (κ1) is 13.8. The second-order valence-corrected chi connectivity index (χ2v) is 5.41. The molecule has 0 aliphatic heterocycles. The molecule has 0 unspecified atom stereocenters. The van der Waals surface area contributed by atoms with Gasteiger partial charge in [-0.15, -0.1) is 5.10 Å². The third-order valence-electron chi connectivity index (χ3n) is 2.58. The number of aliphatic carboxylic acids is 1. The topological polar surface area (TPSA) is 88.0 Å². The van der Waals surface area contributed by atoms with Crippen molar-refractivity contribution in [2.75, 3.05) is 5.75 Å². The van der Waals surface area contributed by atoms with Crippen LogP contribution < -0.4 is 5.69 Å². The van der Waals surface area contributed by atoms with Crippen molar-refractivity contribution in [3.05, 3.63) is 10.5 Å². The number of thioether (sulfide) groups is 1. The van der Waals surface area contributed by atoms with Gasteiger partial charge in [0.2, 0.25) is 0 Å². The molecule has 7 heteroatoms. The van der Waals surface area contributed by atoms with Crippen LogP contribution in [0, 0.1) is 5.41 Å². The lowest BCUT2D eigenvalue weighted by atomic mass is 9.91. The minimum Gasteiger partial charge on any atom is -0.481 e. The maximum Gasteiger partial charge on any atom is 0.343 e. The van der Waals surface area contributed by atoms with Gasteiger partial charge in [0, 0.05) is 12.3 Å². The summed E-state index contributed by atoms with van der Waals surface area (Å²) in [5, 5.41) is 15.8. The van der Waals surface area contributed by atoms with Crippen LogP contribution in [0.4, 0.5) is 0 Å². The fourth-order valence-electron chi connectivity index (χ4n) is 1.20. The number of carboxylic acid groups (broad SMARTS) is 1. The highest BCUT2D eigenvalue weighted by molar-refractivity contribution is 7.99. The molecule has 0 bridgehead atoms. The van der Waals surface area contributed by atoms with E-state index in [1.165, 1.54) is 16.3 Å². The van der Waals surface area contributed by atoms with Crippen LogP contribution in [0.1, 0.15) is 27.2 Å². The Labute approximate surface area is 103 Å². The maximum absolute atomic E-state index is 11.3. The number of nitrogens with zero attached hydrogens (tertiary/aromatic N) is 2. The summed E-state index contributed by atoms with van der Waals surface area (Å²) in [7, 11) is 0. The summed E-state index contributed by atoms with van der Waals surface area (Å²) in [6, 6.07) is 0. The highest BCUT2D eigenvalue weighted by atomic mass is 32.2. The van der Waals surface area contributed by atoms with Gasteiger partial charge in [-0.1, -0.05) is 11.8 Å². The molecule has 96 valence electrons. The Hall–Kier alpha value is -1.24. The number of carbonyl (C=O) groups is 1. The lowest BCUT2D eigenvalue weighted by molar-refractivity contribution is -0.146. The average Bonchev–Trinajstić information content (AvgIpc) is 2.59. The molecule has 0 fully saturated rings. The molecule has 1 heterocycles. The number of hydrogen-bond donors (Lipinski definition) is 2. The van der Waals surface area contributed by atoms with Crippen LogP contribution in [0.5, 0.6) is 0 Å². The zero-order chi connectivity index (χ0) is 13.1. The summed E-state index contributed by atoms with van der Waals surface area (Å²) in [4.78, 5) is 22.2. The SMILES string of the molecule is CCn1c(SCCC(C)(C)C(=O)O)n[nH]c1=O. The van der Waals surface area contributed by atoms with E-state index in [4.69, 9.17) is 5.11 Å². The van der Waals surface area contributed by atoms with E-state index < -0.39 is 11.4 Å². The Morgan fingerprint density at radius 2 is 2.24 bits per heavy atom. The summed E-state index contributed by atoms with van der Waals surface area (Å²) in [5.74, 6) is -0.197. The van der Waals surface area contributed by atoms with E-state index in [1.807, 2.05) is 6.92 Å². The van der Waals surface area contributed by atoms with Crippen LogP contribution >= 0.6 is 11.8 Å². The van der Waals surface area contributed by atoms with Gasteiger partial charge in [0.05, 0.1) is 5.41 Å². The molecule has 0 radical (unpaired) electrons. The summed E-state index contributed by atoms with van der Waals surface area (Å²) < 4.78 is 1.53. The van der Waals surface area contributed by atoms with Crippen LogP contribution in [-0.4, -0.2) is 31.6 Å². The van der Waals surface area contributed by atoms with Crippen LogP contribution in [0.3, 0.4) is 0 Å². The fraction of sp³-hybridized carbons (Fsp3) is 0.700. The first-order valence-corrected chi connectivity index (χ1v) is 6.38. The number of H-pyrrole nitrogens is 1. The molecule has 0 amide bonds. The van der Waals surface area contributed by atoms with Crippen molar-refractivity contribution >= 4 is 17.7 Å². The van der Waals surface area contributed by atoms with Gasteiger partial charge in [0.25, 0.3) is 0 Å². The van der Waals surface area contributed by atoms with E-state index in [2.05, 4.69) is 10.2 Å². The lowest BCUT2D eigenvalue weighted by Crippen LogP contribution is -2.24. The fourth-order valence-corrected chi connectivity index (χ4v) is 2.47. The largest absolute Gasteiger partial charge is 0.481 e. The monoisotopic (exact) mass is 259 g/mol. The third-order valence-corrected chi connectivity index (χ3v) is 3.55. The predicted octanol–water partition coefficient (Wildman–Crippen LogP) is 1.18. The first-order chi connectivity index (χ1) is 7.88. The van der Waals surface area contributed by atoms with Crippen molar-refractivity contribution in [2.45, 2.75) is 38.9 Å².